The Bertz CT molecular complexity index is 1110. The highest BCUT2D eigenvalue weighted by Crippen LogP contribution is 2.32. The van der Waals surface area contributed by atoms with Crippen molar-refractivity contribution in [2.24, 2.45) is 7.05 Å². The normalized spacial score (nSPS) is 10.1. The lowest BCUT2D eigenvalue weighted by Gasteiger charge is -2.22. The predicted molar refractivity (Wildman–Crippen MR) is 157 cm³/mol. The summed E-state index contributed by atoms with van der Waals surface area (Å²) >= 11 is 0. The Morgan fingerprint density at radius 1 is 1.18 bits per heavy atom. The van der Waals surface area contributed by atoms with Crippen LogP contribution in [0.5, 0.6) is 5.75 Å². The molecule has 0 fully saturated rings. The molecule has 38 heavy (non-hydrogen) atoms. The van der Waals surface area contributed by atoms with E-state index in [0.717, 1.165) is 41.0 Å². The summed E-state index contributed by atoms with van der Waals surface area (Å²) in [5.74, 6) is 0.372. The highest BCUT2D eigenvalue weighted by Gasteiger charge is 2.20. The number of nitrogens with one attached hydrogen (secondary N) is 1. The molecule has 2 heterocycles. The summed E-state index contributed by atoms with van der Waals surface area (Å²) in [6, 6.07) is 10.3. The summed E-state index contributed by atoms with van der Waals surface area (Å²) in [4.78, 5) is 25.5. The SMILES string of the molecule is C=O.CC.CC/C(=C/c1c(C)c(OC(C)C)c(C=O)n1C)N(C)c1ccc(F)cc1.CNc1cccnc1. The van der Waals surface area contributed by atoms with Crippen LogP contribution in [-0.2, 0) is 11.8 Å². The summed E-state index contributed by atoms with van der Waals surface area (Å²) in [6.45, 7) is 13.9. The van der Waals surface area contributed by atoms with Crippen LogP contribution in [-0.4, -0.2) is 42.8 Å². The third-order valence-corrected chi connectivity index (χ3v) is 5.41. The molecule has 0 aliphatic heterocycles. The van der Waals surface area contributed by atoms with Gasteiger partial charge >= 0.3 is 0 Å². The lowest BCUT2D eigenvalue weighted by molar-refractivity contribution is -0.0980. The van der Waals surface area contributed by atoms with E-state index in [1.807, 2.05) is 84.2 Å². The molecule has 0 aliphatic carbocycles. The van der Waals surface area contributed by atoms with Crippen molar-refractivity contribution >= 4 is 30.5 Å². The summed E-state index contributed by atoms with van der Waals surface area (Å²) in [7, 11) is 5.69. The van der Waals surface area contributed by atoms with Gasteiger partial charge in [0, 0.05) is 56.2 Å². The molecule has 0 saturated heterocycles. The van der Waals surface area contributed by atoms with Gasteiger partial charge in [0.1, 0.15) is 18.3 Å². The number of aromatic nitrogens is 2. The molecule has 2 aromatic heterocycles. The Balaban J connectivity index is 0.000000952. The van der Waals surface area contributed by atoms with Crippen LogP contribution in [0.25, 0.3) is 6.08 Å². The number of hydrogen-bond donors (Lipinski definition) is 1. The molecule has 0 amide bonds. The van der Waals surface area contributed by atoms with Crippen molar-refractivity contribution in [3.05, 3.63) is 77.3 Å². The molecule has 3 aromatic rings. The van der Waals surface area contributed by atoms with E-state index in [4.69, 9.17) is 9.53 Å². The summed E-state index contributed by atoms with van der Waals surface area (Å²) < 4.78 is 20.9. The van der Waals surface area contributed by atoms with Gasteiger partial charge in [-0.2, -0.15) is 0 Å². The Morgan fingerprint density at radius 2 is 1.79 bits per heavy atom. The molecule has 0 spiro atoms. The number of rotatable bonds is 8. The van der Waals surface area contributed by atoms with Gasteiger partial charge in [0.2, 0.25) is 0 Å². The summed E-state index contributed by atoms with van der Waals surface area (Å²) in [5.41, 5.74) is 5.39. The van der Waals surface area contributed by atoms with Crippen molar-refractivity contribution in [1.82, 2.24) is 9.55 Å². The number of pyridine rings is 1. The van der Waals surface area contributed by atoms with Crippen LogP contribution in [0.1, 0.15) is 62.8 Å². The number of benzene rings is 1. The van der Waals surface area contributed by atoms with Crippen LogP contribution in [0.15, 0.2) is 54.5 Å². The van der Waals surface area contributed by atoms with Gasteiger partial charge in [-0.15, -0.1) is 0 Å². The van der Waals surface area contributed by atoms with Crippen LogP contribution in [0.2, 0.25) is 0 Å². The Kier molecular flexibility index (Phi) is 16.4. The first-order chi connectivity index (χ1) is 18.2. The second-order valence-corrected chi connectivity index (χ2v) is 8.08. The van der Waals surface area contributed by atoms with Gasteiger partial charge in [-0.05, 0) is 69.7 Å². The first-order valence-corrected chi connectivity index (χ1v) is 12.6. The van der Waals surface area contributed by atoms with Crippen LogP contribution in [0.4, 0.5) is 15.8 Å². The maximum atomic E-state index is 13.2. The van der Waals surface area contributed by atoms with Crippen molar-refractivity contribution in [3.8, 4) is 5.75 Å². The molecule has 3 rings (SSSR count). The number of aldehydes is 1. The number of allylic oxidation sites excluding steroid dienone is 1. The topological polar surface area (TPSA) is 76.5 Å². The van der Waals surface area contributed by atoms with Gasteiger partial charge in [-0.25, -0.2) is 4.39 Å². The Hall–Kier alpha value is -3.94. The molecule has 0 bridgehead atoms. The summed E-state index contributed by atoms with van der Waals surface area (Å²) in [5, 5.41) is 2.96. The fraction of sp³-hybridized carbons (Fsp3) is 0.367. The molecule has 1 N–H and O–H groups in total. The second kappa shape index (κ2) is 18.3. The van der Waals surface area contributed by atoms with Crippen LogP contribution in [0, 0.1) is 12.7 Å². The van der Waals surface area contributed by atoms with E-state index in [0.29, 0.717) is 11.4 Å². The molecule has 0 saturated carbocycles. The number of carbonyl (C=O) groups excluding carboxylic acids is 2. The van der Waals surface area contributed by atoms with Crippen LogP contribution < -0.4 is 15.0 Å². The van der Waals surface area contributed by atoms with E-state index in [2.05, 4.69) is 23.3 Å². The number of carbonyl (C=O) groups is 2. The van der Waals surface area contributed by atoms with Gasteiger partial charge in [0.05, 0.1) is 11.8 Å². The van der Waals surface area contributed by atoms with Crippen LogP contribution >= 0.6 is 0 Å². The largest absolute Gasteiger partial charge is 0.488 e. The van der Waals surface area contributed by atoms with Gasteiger partial charge in [-0.1, -0.05) is 20.8 Å². The van der Waals surface area contributed by atoms with Crippen LogP contribution in [0.3, 0.4) is 0 Å². The van der Waals surface area contributed by atoms with E-state index in [1.165, 1.54) is 12.1 Å². The van der Waals surface area contributed by atoms with Crippen molar-refractivity contribution in [3.63, 3.8) is 0 Å². The van der Waals surface area contributed by atoms with E-state index in [9.17, 15) is 9.18 Å². The smallest absolute Gasteiger partial charge is 0.170 e. The lowest BCUT2D eigenvalue weighted by Crippen LogP contribution is -2.16. The minimum atomic E-state index is -0.256. The fourth-order valence-electron chi connectivity index (χ4n) is 3.50. The molecule has 208 valence electrons. The van der Waals surface area contributed by atoms with Gasteiger partial charge in [0.15, 0.2) is 12.0 Å². The van der Waals surface area contributed by atoms with Crippen molar-refractivity contribution in [2.45, 2.75) is 54.1 Å². The molecule has 0 radical (unpaired) electrons. The minimum Gasteiger partial charge on any atom is -0.488 e. The maximum Gasteiger partial charge on any atom is 0.170 e. The first-order valence-electron chi connectivity index (χ1n) is 12.6. The minimum absolute atomic E-state index is 0.0147. The first kappa shape index (κ1) is 34.1. The summed E-state index contributed by atoms with van der Waals surface area (Å²) in [6.07, 6.45) is 7.19. The Morgan fingerprint density at radius 3 is 2.21 bits per heavy atom. The highest BCUT2D eigenvalue weighted by molar-refractivity contribution is 5.81. The quantitative estimate of drug-likeness (QED) is 0.321. The zero-order valence-electron chi connectivity index (χ0n) is 24.2. The van der Waals surface area contributed by atoms with E-state index < -0.39 is 0 Å². The Labute approximate surface area is 227 Å². The third kappa shape index (κ3) is 9.84. The zero-order chi connectivity index (χ0) is 29.3. The molecule has 7 nitrogen and oxygen atoms in total. The molecule has 0 aliphatic rings. The number of hydrogen-bond acceptors (Lipinski definition) is 6. The van der Waals surface area contributed by atoms with Crippen molar-refractivity contribution < 1.29 is 18.7 Å². The number of anilines is 2. The second-order valence-electron chi connectivity index (χ2n) is 8.08. The number of nitrogens with zero attached hydrogens (tertiary/aromatic N) is 3. The average molecular weight is 527 g/mol. The van der Waals surface area contributed by atoms with E-state index in [1.54, 1.807) is 24.5 Å². The van der Waals surface area contributed by atoms with E-state index >= 15 is 0 Å². The molecular formula is C30H43FN4O3. The van der Waals surface area contributed by atoms with E-state index in [-0.39, 0.29) is 11.9 Å². The van der Waals surface area contributed by atoms with Gasteiger partial charge in [0.25, 0.3) is 0 Å². The number of ether oxygens (including phenoxy) is 1. The standard InChI is InChI=1S/C21H27FN2O2.C6H8N2.C2H6.CH2O/c1-7-17(23(5)18-10-8-16(22)9-11-18)12-19-15(4)21(26-14(2)3)20(13-25)24(19)6;1-7-6-3-2-4-8-5-6;2*1-2/h8-14H,7H2,1-6H3;2-5,7H,1H3;1-2H3;1H2/b17-12-;;;. The van der Waals surface area contributed by atoms with Crippen molar-refractivity contribution in [2.75, 3.05) is 24.3 Å². The fourth-order valence-corrected chi connectivity index (χ4v) is 3.50. The molecular weight excluding hydrogens is 483 g/mol. The van der Waals surface area contributed by atoms with Crippen molar-refractivity contribution in [1.29, 1.82) is 0 Å². The lowest BCUT2D eigenvalue weighted by atomic mass is 10.1. The van der Waals surface area contributed by atoms with Gasteiger partial charge < -0.3 is 24.3 Å². The zero-order valence-corrected chi connectivity index (χ0v) is 24.2. The molecule has 1 aromatic carbocycles. The molecule has 0 unspecified atom stereocenters. The number of halogens is 1. The monoisotopic (exact) mass is 526 g/mol. The highest BCUT2D eigenvalue weighted by atomic mass is 19.1. The average Bonchev–Trinajstić information content (AvgIpc) is 3.17. The molecule has 8 heteroatoms. The maximum absolute atomic E-state index is 13.2. The predicted octanol–water partition coefficient (Wildman–Crippen LogP) is 6.92. The third-order valence-electron chi connectivity index (χ3n) is 5.41. The van der Waals surface area contributed by atoms with Gasteiger partial charge in [-0.3, -0.25) is 9.78 Å². The molecule has 0 atom stereocenters.